The van der Waals surface area contributed by atoms with Crippen molar-refractivity contribution in [1.82, 2.24) is 0 Å². The van der Waals surface area contributed by atoms with Crippen LogP contribution in [0.5, 0.6) is 0 Å². The first-order valence-electron chi connectivity index (χ1n) is 12.3. The molecule has 0 heterocycles. The van der Waals surface area contributed by atoms with Crippen molar-refractivity contribution in [3.63, 3.8) is 0 Å². The molecule has 0 amide bonds. The van der Waals surface area contributed by atoms with Crippen molar-refractivity contribution < 1.29 is 9.22 Å². The highest BCUT2D eigenvalue weighted by molar-refractivity contribution is 6.10. The Bertz CT molecular complexity index is 309. The lowest BCUT2D eigenvalue weighted by molar-refractivity contribution is -0.903. The van der Waals surface area contributed by atoms with E-state index in [0.29, 0.717) is 6.10 Å². The first-order chi connectivity index (χ1) is 13.0. The predicted molar refractivity (Wildman–Crippen MR) is 127 cm³/mol. The van der Waals surface area contributed by atoms with Crippen molar-refractivity contribution in [2.24, 2.45) is 0 Å². The molecular weight excluding hydrogens is 346 g/mol. The standard InChI is InChI=1S/C24H54NOSi/c1-6-8-9-10-11-12-13-14-15-16-17-18-19-20-23(26-5)22-24(27)25(3,4)21-7-2/h23-24H,6-22H2,1-5,27H3/q+1. The summed E-state index contributed by atoms with van der Waals surface area (Å²) < 4.78 is 7.00. The zero-order valence-corrected chi connectivity index (χ0v) is 22.0. The van der Waals surface area contributed by atoms with E-state index in [4.69, 9.17) is 4.74 Å². The van der Waals surface area contributed by atoms with E-state index in [9.17, 15) is 0 Å². The fourth-order valence-corrected chi connectivity index (χ4v) is 4.97. The number of unbranched alkanes of at least 4 members (excludes halogenated alkanes) is 12. The smallest absolute Gasteiger partial charge is 0.0778 e. The molecule has 0 aliphatic rings. The van der Waals surface area contributed by atoms with Crippen LogP contribution in [0.25, 0.3) is 0 Å². The lowest BCUT2D eigenvalue weighted by Crippen LogP contribution is -2.51. The van der Waals surface area contributed by atoms with Crippen LogP contribution in [0.1, 0.15) is 117 Å². The Morgan fingerprint density at radius 2 is 1.15 bits per heavy atom. The Balaban J connectivity index is 3.56. The van der Waals surface area contributed by atoms with Gasteiger partial charge in [-0.05, 0) is 12.8 Å². The van der Waals surface area contributed by atoms with Crippen LogP contribution in [0.3, 0.4) is 0 Å². The van der Waals surface area contributed by atoms with Crippen molar-refractivity contribution in [3.05, 3.63) is 0 Å². The van der Waals surface area contributed by atoms with Crippen molar-refractivity contribution in [2.75, 3.05) is 27.7 Å². The van der Waals surface area contributed by atoms with Crippen molar-refractivity contribution in [2.45, 2.75) is 128 Å². The lowest BCUT2D eigenvalue weighted by atomic mass is 10.0. The van der Waals surface area contributed by atoms with Gasteiger partial charge in [-0.3, -0.25) is 0 Å². The maximum Gasteiger partial charge on any atom is 0.0778 e. The SMILES string of the molecule is CCCCCCCCCCCCCCCC(CC([SiH3])[N+](C)(C)CCC)OC. The van der Waals surface area contributed by atoms with E-state index >= 15 is 0 Å². The lowest BCUT2D eigenvalue weighted by Gasteiger charge is -2.37. The summed E-state index contributed by atoms with van der Waals surface area (Å²) in [5.74, 6) is 0. The van der Waals surface area contributed by atoms with Gasteiger partial charge in [0.2, 0.25) is 0 Å². The molecule has 2 atom stereocenters. The summed E-state index contributed by atoms with van der Waals surface area (Å²) in [6.45, 7) is 5.89. The number of methoxy groups -OCH3 is 1. The molecule has 0 aliphatic heterocycles. The summed E-state index contributed by atoms with van der Waals surface area (Å²) in [5.41, 5.74) is 0.817. The third kappa shape index (κ3) is 15.7. The second-order valence-electron chi connectivity index (χ2n) is 9.48. The van der Waals surface area contributed by atoms with Crippen LogP contribution in [0, 0.1) is 0 Å². The van der Waals surface area contributed by atoms with Gasteiger partial charge in [0.25, 0.3) is 0 Å². The third-order valence-corrected chi connectivity index (χ3v) is 8.43. The van der Waals surface area contributed by atoms with Crippen LogP contribution in [0.2, 0.25) is 0 Å². The summed E-state index contributed by atoms with van der Waals surface area (Å²) in [6.07, 6.45) is 22.9. The van der Waals surface area contributed by atoms with Gasteiger partial charge in [0.15, 0.2) is 0 Å². The molecular formula is C24H54NOSi+. The average molecular weight is 401 g/mol. The third-order valence-electron chi connectivity index (χ3n) is 6.56. The molecule has 2 unspecified atom stereocenters. The highest BCUT2D eigenvalue weighted by Crippen LogP contribution is 2.18. The van der Waals surface area contributed by atoms with Gasteiger partial charge in [0.1, 0.15) is 0 Å². The molecule has 164 valence electrons. The number of ether oxygens (including phenoxy) is 1. The zero-order chi connectivity index (χ0) is 20.4. The molecule has 0 rings (SSSR count). The van der Waals surface area contributed by atoms with E-state index < -0.39 is 0 Å². The highest BCUT2D eigenvalue weighted by Gasteiger charge is 2.25. The Morgan fingerprint density at radius 1 is 0.704 bits per heavy atom. The molecule has 0 aromatic rings. The highest BCUT2D eigenvalue weighted by atomic mass is 28.1. The van der Waals surface area contributed by atoms with Crippen molar-refractivity contribution >= 4 is 10.2 Å². The van der Waals surface area contributed by atoms with Crippen molar-refractivity contribution in [3.8, 4) is 0 Å². The molecule has 0 aliphatic carbocycles. The molecule has 0 saturated carbocycles. The molecule has 27 heavy (non-hydrogen) atoms. The summed E-state index contributed by atoms with van der Waals surface area (Å²) in [6, 6.07) is 0. The van der Waals surface area contributed by atoms with Crippen LogP contribution in [-0.2, 0) is 4.74 Å². The van der Waals surface area contributed by atoms with E-state index in [1.807, 2.05) is 7.11 Å². The Hall–Kier alpha value is 0.137. The predicted octanol–water partition coefficient (Wildman–Crippen LogP) is 6.05. The molecule has 0 aromatic heterocycles. The molecule has 0 aromatic carbocycles. The summed E-state index contributed by atoms with van der Waals surface area (Å²) in [5, 5.41) is 0. The van der Waals surface area contributed by atoms with Crippen molar-refractivity contribution in [1.29, 1.82) is 0 Å². The summed E-state index contributed by atoms with van der Waals surface area (Å²) in [4.78, 5) is 0. The first kappa shape index (κ1) is 27.1. The summed E-state index contributed by atoms with van der Waals surface area (Å²) in [7, 11) is 7.99. The number of hydrogen-bond donors (Lipinski definition) is 0. The number of rotatable bonds is 20. The van der Waals surface area contributed by atoms with Gasteiger partial charge in [-0.15, -0.1) is 0 Å². The Kier molecular flexibility index (Phi) is 18.3. The molecule has 0 radical (unpaired) electrons. The zero-order valence-electron chi connectivity index (χ0n) is 20.0. The van der Waals surface area contributed by atoms with E-state index in [1.54, 1.807) is 0 Å². The van der Waals surface area contributed by atoms with E-state index in [-0.39, 0.29) is 0 Å². The maximum absolute atomic E-state index is 5.81. The Morgan fingerprint density at radius 3 is 1.56 bits per heavy atom. The normalized spacial score (nSPS) is 14.6. The minimum atomic E-state index is 0.481. The summed E-state index contributed by atoms with van der Waals surface area (Å²) >= 11 is 0. The number of nitrogens with zero attached hydrogens (tertiary/aromatic N) is 1. The number of quaternary nitrogens is 1. The average Bonchev–Trinajstić information content (AvgIpc) is 2.64. The van der Waals surface area contributed by atoms with Crippen LogP contribution in [0.4, 0.5) is 0 Å². The largest absolute Gasteiger partial charge is 0.381 e. The van der Waals surface area contributed by atoms with Gasteiger partial charge in [-0.2, -0.15) is 0 Å². The fraction of sp³-hybridized carbons (Fsp3) is 1.00. The minimum absolute atomic E-state index is 0.481. The van der Waals surface area contributed by atoms with E-state index in [2.05, 4.69) is 27.9 Å². The molecule has 3 heteroatoms. The molecule has 0 N–H and O–H groups in total. The fourth-order valence-electron chi connectivity index (χ4n) is 4.18. The minimum Gasteiger partial charge on any atom is -0.381 e. The maximum atomic E-state index is 5.81. The topological polar surface area (TPSA) is 9.23 Å². The first-order valence-corrected chi connectivity index (χ1v) is 13.5. The van der Waals surface area contributed by atoms with Crippen LogP contribution >= 0.6 is 0 Å². The van der Waals surface area contributed by atoms with Gasteiger partial charge in [0.05, 0.1) is 42.7 Å². The van der Waals surface area contributed by atoms with E-state index in [1.165, 1.54) is 124 Å². The second kappa shape index (κ2) is 18.2. The van der Waals surface area contributed by atoms with Gasteiger partial charge >= 0.3 is 0 Å². The second-order valence-corrected chi connectivity index (χ2v) is 10.8. The molecule has 2 nitrogen and oxygen atoms in total. The van der Waals surface area contributed by atoms with Gasteiger partial charge in [-0.1, -0.05) is 97.3 Å². The van der Waals surface area contributed by atoms with E-state index in [0.717, 1.165) is 5.67 Å². The molecule has 0 bridgehead atoms. The van der Waals surface area contributed by atoms with Gasteiger partial charge < -0.3 is 9.22 Å². The van der Waals surface area contributed by atoms with Gasteiger partial charge in [-0.25, -0.2) is 0 Å². The van der Waals surface area contributed by atoms with Crippen LogP contribution in [-0.4, -0.2) is 54.2 Å². The number of hydrogen-bond acceptors (Lipinski definition) is 1. The quantitative estimate of drug-likeness (QED) is 0.137. The van der Waals surface area contributed by atoms with Gasteiger partial charge in [0, 0.05) is 13.5 Å². The Labute approximate surface area is 175 Å². The van der Waals surface area contributed by atoms with Crippen LogP contribution in [0.15, 0.2) is 0 Å². The van der Waals surface area contributed by atoms with Crippen LogP contribution < -0.4 is 0 Å². The molecule has 0 saturated heterocycles. The molecule has 0 spiro atoms. The monoisotopic (exact) mass is 400 g/mol. The molecule has 0 fully saturated rings.